The Labute approximate surface area is 792 Å². The monoisotopic (exact) mass is 1950 g/mol. The van der Waals surface area contributed by atoms with Crippen LogP contribution in [0.15, 0.2) is 5.11 Å². The van der Waals surface area contributed by atoms with Gasteiger partial charge >= 0.3 is 35.8 Å². The van der Waals surface area contributed by atoms with E-state index < -0.39 is 174 Å². The van der Waals surface area contributed by atoms with E-state index >= 15 is 0 Å². The van der Waals surface area contributed by atoms with Gasteiger partial charge in [-0.1, -0.05) is 25.9 Å². The standard InChI is InChI=1S/C89H145N9O38/c1-57-83(94-60(4)99)74(134-77(51-128-63(7)102)86(57)131-66(10)105)47-71(110)19-28-118-39-37-116-26-13-15-69(108)17-31-125-54-89(97-82(115)50-81(114)92-24-35-122-43-45-124-46-44-123-36-25-93-98-90,55-126-32-18-70(109)16-14-27-117-38-40-119-29-20-72(111)48-75-84(95-61(5)100)58(2)87(132-67(11)106)78(135-75)52-129-64(8)103)56-127-33-22-80(113)91-23-34-121-42-41-120-30-21-73(112)49-76-85(96-62(6)101)59(3)88(133-68(12)107)79(136-76)53-130-65(9)104/h57-59,74-79,83-88H,13-56H2,1-12H3,(H,91,113)(H,92,114)(H,94,99)(H,95,100)(H,96,101)(H,97,115). The number of ether oxygens (including phenoxy) is 21. The first-order chi connectivity index (χ1) is 64.9. The summed E-state index contributed by atoms with van der Waals surface area (Å²) in [7, 11) is 0. The number of azide groups is 1. The van der Waals surface area contributed by atoms with Gasteiger partial charge in [-0.25, -0.2) is 0 Å². The number of rotatable bonds is 77. The van der Waals surface area contributed by atoms with E-state index in [-0.39, 0.29) is 298 Å². The van der Waals surface area contributed by atoms with Crippen molar-refractivity contribution < 1.29 is 181 Å². The van der Waals surface area contributed by atoms with E-state index in [1.54, 1.807) is 20.8 Å². The van der Waals surface area contributed by atoms with Gasteiger partial charge in [0.2, 0.25) is 35.4 Å². The average Bonchev–Trinajstić information content (AvgIpc) is 0.799. The maximum atomic E-state index is 14.0. The topological polar surface area (TPSA) is 605 Å². The van der Waals surface area contributed by atoms with Crippen LogP contribution in [-0.2, 0) is 181 Å². The first kappa shape index (κ1) is 121. The number of carbonyl (C=O) groups excluding carboxylic acids is 17. The molecule has 0 bridgehead atoms. The molecule has 3 aliphatic rings. The molecular weight excluding hydrogens is 1800 g/mol. The van der Waals surface area contributed by atoms with Gasteiger partial charge in [0.15, 0.2) is 0 Å². The molecule has 15 unspecified atom stereocenters. The summed E-state index contributed by atoms with van der Waals surface area (Å²) in [6.45, 7) is 16.5. The van der Waals surface area contributed by atoms with E-state index in [0.717, 1.165) is 0 Å². The fraction of sp³-hybridized carbons (Fsp3) is 0.809. The lowest BCUT2D eigenvalue weighted by Crippen LogP contribution is -2.61. The highest BCUT2D eigenvalue weighted by Gasteiger charge is 2.50. The average molecular weight is 1950 g/mol. The molecule has 774 valence electrons. The summed E-state index contributed by atoms with van der Waals surface area (Å²) in [5, 5.41) is 20.0. The van der Waals surface area contributed by atoms with E-state index in [2.05, 4.69) is 41.9 Å². The van der Waals surface area contributed by atoms with Crippen LogP contribution < -0.4 is 31.9 Å². The van der Waals surface area contributed by atoms with Crippen molar-refractivity contribution in [3.05, 3.63) is 10.4 Å². The summed E-state index contributed by atoms with van der Waals surface area (Å²) in [4.78, 5) is 217. The Morgan fingerprint density at radius 2 is 0.603 bits per heavy atom. The Bertz CT molecular complexity index is 3410. The third-order valence-electron chi connectivity index (χ3n) is 21.1. The lowest BCUT2D eigenvalue weighted by molar-refractivity contribution is -0.201. The molecule has 136 heavy (non-hydrogen) atoms. The number of hydrogen-bond acceptors (Lipinski definition) is 39. The molecule has 47 nitrogen and oxygen atoms in total. The molecule has 6 N–H and O–H groups in total. The van der Waals surface area contributed by atoms with E-state index in [0.29, 0.717) is 12.8 Å². The van der Waals surface area contributed by atoms with Crippen molar-refractivity contribution in [3.63, 3.8) is 0 Å². The Morgan fingerprint density at radius 3 is 0.919 bits per heavy atom. The lowest BCUT2D eigenvalue weighted by atomic mass is 9.83. The number of amides is 6. The zero-order valence-corrected chi connectivity index (χ0v) is 80.6. The van der Waals surface area contributed by atoms with Crippen molar-refractivity contribution in [1.29, 1.82) is 0 Å². The first-order valence-corrected chi connectivity index (χ1v) is 46.0. The Morgan fingerprint density at radius 1 is 0.316 bits per heavy atom. The molecule has 3 heterocycles. The zero-order valence-electron chi connectivity index (χ0n) is 80.6. The van der Waals surface area contributed by atoms with Crippen LogP contribution in [0, 0.1) is 17.8 Å². The van der Waals surface area contributed by atoms with Gasteiger partial charge in [0.25, 0.3) is 0 Å². The Balaban J connectivity index is 1.65. The van der Waals surface area contributed by atoms with Crippen LogP contribution in [-0.4, -0.2) is 377 Å². The smallest absolute Gasteiger partial charge is 0.303 e. The van der Waals surface area contributed by atoms with Crippen LogP contribution in [0.25, 0.3) is 10.4 Å². The van der Waals surface area contributed by atoms with Crippen LogP contribution in [0.4, 0.5) is 0 Å². The van der Waals surface area contributed by atoms with Gasteiger partial charge < -0.3 is 131 Å². The molecule has 3 saturated heterocycles. The zero-order chi connectivity index (χ0) is 101. The predicted octanol–water partition coefficient (Wildman–Crippen LogP) is 1.10. The maximum Gasteiger partial charge on any atom is 0.303 e. The predicted molar refractivity (Wildman–Crippen MR) is 473 cm³/mol. The van der Waals surface area contributed by atoms with Crippen LogP contribution in [0.2, 0.25) is 0 Å². The van der Waals surface area contributed by atoms with E-state index in [4.69, 9.17) is 105 Å². The highest BCUT2D eigenvalue weighted by atomic mass is 16.6. The fourth-order valence-electron chi connectivity index (χ4n) is 14.8. The molecule has 0 aromatic rings. The van der Waals surface area contributed by atoms with Gasteiger partial charge in [0, 0.05) is 188 Å². The molecular formula is C89H145N9O38. The number of nitrogens with zero attached hydrogens (tertiary/aromatic N) is 3. The van der Waals surface area contributed by atoms with Crippen molar-refractivity contribution in [2.75, 3.05) is 198 Å². The van der Waals surface area contributed by atoms with Crippen molar-refractivity contribution in [2.45, 2.75) is 252 Å². The van der Waals surface area contributed by atoms with E-state index in [1.807, 2.05) is 0 Å². The van der Waals surface area contributed by atoms with Gasteiger partial charge in [-0.3, -0.25) is 81.5 Å². The first-order valence-electron chi connectivity index (χ1n) is 46.0. The molecule has 3 aliphatic heterocycles. The molecule has 15 atom stereocenters. The molecule has 0 saturated carbocycles. The Hall–Kier alpha value is -9.30. The van der Waals surface area contributed by atoms with Crippen LogP contribution in [0.3, 0.4) is 0 Å². The summed E-state index contributed by atoms with van der Waals surface area (Å²) < 4.78 is 119. The number of Topliss-reactive ketones (excluding diaryl/α,β-unsaturated/α-hetero) is 5. The van der Waals surface area contributed by atoms with Gasteiger partial charge in [-0.15, -0.1) is 0 Å². The molecule has 3 fully saturated rings. The summed E-state index contributed by atoms with van der Waals surface area (Å²) in [5.74, 6) is -9.51. The summed E-state index contributed by atoms with van der Waals surface area (Å²) >= 11 is 0. The van der Waals surface area contributed by atoms with Crippen LogP contribution in [0.5, 0.6) is 0 Å². The number of hydrogen-bond donors (Lipinski definition) is 6. The minimum Gasteiger partial charge on any atom is -0.463 e. The maximum absolute atomic E-state index is 14.0. The minimum atomic E-state index is -1.62. The molecule has 0 radical (unpaired) electrons. The summed E-state index contributed by atoms with van der Waals surface area (Å²) in [6.07, 6.45) is -8.71. The quantitative estimate of drug-likeness (QED) is 0.00944. The largest absolute Gasteiger partial charge is 0.463 e. The van der Waals surface area contributed by atoms with Crippen molar-refractivity contribution in [1.82, 2.24) is 31.9 Å². The van der Waals surface area contributed by atoms with Gasteiger partial charge in [0.1, 0.15) is 97.3 Å². The second kappa shape index (κ2) is 71.2. The second-order valence-electron chi connectivity index (χ2n) is 32.9. The fourth-order valence-corrected chi connectivity index (χ4v) is 14.8. The minimum absolute atomic E-state index is 0.0113. The number of nitrogens with one attached hydrogen (secondary N) is 6. The van der Waals surface area contributed by atoms with E-state index in [9.17, 15) is 81.5 Å². The van der Waals surface area contributed by atoms with Crippen molar-refractivity contribution in [3.8, 4) is 0 Å². The SMILES string of the molecule is CC(=O)NC1C(CC(=O)CCOCCOCCCC(=O)CCOCC(COCCC(=O)CCCOCCOCCC(=O)CC2OC(COC(C)=O)C(OC(C)=O)C(C)C2NC(C)=O)(COCCC(=O)NCCOCCOCCC(=O)CC2OC(COC(C)=O)C(OC(C)=O)C(C)C2NC(C)=O)NC(=O)CC(=O)NCCOCCOCCOCCN=[N+]=[N-])OC(COC(C)=O)C(OC(C)=O)C1C. The number of carbonyl (C=O) groups is 17. The molecule has 3 rings (SSSR count). The second-order valence-corrected chi connectivity index (χ2v) is 32.9. The Kier molecular flexibility index (Phi) is 63.3. The van der Waals surface area contributed by atoms with Gasteiger partial charge in [-0.2, -0.15) is 0 Å². The third-order valence-corrected chi connectivity index (χ3v) is 21.1. The van der Waals surface area contributed by atoms with E-state index in [1.165, 1.54) is 62.3 Å². The lowest BCUT2D eigenvalue weighted by Gasteiger charge is -2.45. The summed E-state index contributed by atoms with van der Waals surface area (Å²) in [5.41, 5.74) is 6.79. The molecule has 0 aromatic heterocycles. The van der Waals surface area contributed by atoms with Crippen LogP contribution in [0.1, 0.15) is 173 Å². The molecule has 47 heteroatoms. The van der Waals surface area contributed by atoms with Crippen molar-refractivity contribution in [2.24, 2.45) is 22.9 Å². The third kappa shape index (κ3) is 55.3. The van der Waals surface area contributed by atoms with Gasteiger partial charge in [0.05, 0.1) is 182 Å². The van der Waals surface area contributed by atoms with Crippen molar-refractivity contribution >= 4 is 100 Å². The van der Waals surface area contributed by atoms with Gasteiger partial charge in [-0.05, 0) is 18.4 Å². The molecule has 0 aromatic carbocycles. The summed E-state index contributed by atoms with van der Waals surface area (Å²) in [6, 6.07) is -2.18. The number of esters is 6. The number of ketones is 5. The highest BCUT2D eigenvalue weighted by Crippen LogP contribution is 2.35. The highest BCUT2D eigenvalue weighted by molar-refractivity contribution is 5.97. The van der Waals surface area contributed by atoms with Crippen LogP contribution >= 0.6 is 0 Å². The molecule has 6 amide bonds. The normalized spacial score (nSPS) is 21.7. The molecule has 0 spiro atoms. The molecule has 0 aliphatic carbocycles.